The number of aromatic nitrogens is 1. The topological polar surface area (TPSA) is 21.3 Å². The Kier molecular flexibility index (Phi) is 6.18. The van der Waals surface area contributed by atoms with Gasteiger partial charge in [-0.3, -0.25) is 0 Å². The van der Waals surface area contributed by atoms with Gasteiger partial charge in [-0.15, -0.1) is 0 Å². The Bertz CT molecular complexity index is 2760. The fourth-order valence-electron chi connectivity index (χ4n) is 7.59. The summed E-state index contributed by atoms with van der Waals surface area (Å²) in [5.74, 6) is 0. The van der Waals surface area contributed by atoms with E-state index in [4.69, 9.17) is 4.42 Å². The highest BCUT2D eigenvalue weighted by atomic mass is 16.3. The molecule has 0 bridgehead atoms. The molecule has 0 amide bonds. The number of nitrogens with zero attached hydrogens (tertiary/aromatic N) is 2. The molecule has 3 heteroatoms. The molecule has 3 nitrogen and oxygen atoms in total. The van der Waals surface area contributed by atoms with Crippen molar-refractivity contribution in [1.29, 1.82) is 0 Å². The number of hydrogen-bond donors (Lipinski definition) is 0. The standard InChI is InChI=1S/C46H30N2O/c1-2-13-36-31(11-1)12-9-17-37(36)32-23-25-33(26-24-32)47(43-20-10-22-45-46(43)40-16-5-8-21-44(40)49-45)34-27-29-35(30-28-34)48-41-18-6-3-14-38(41)39-15-4-7-19-42(39)48/h1-30H. The minimum Gasteiger partial charge on any atom is -0.456 e. The van der Waals surface area contributed by atoms with Gasteiger partial charge in [0.2, 0.25) is 0 Å². The number of furan rings is 1. The molecule has 0 aliphatic carbocycles. The third-order valence-corrected chi connectivity index (χ3v) is 9.79. The fourth-order valence-corrected chi connectivity index (χ4v) is 7.59. The van der Waals surface area contributed by atoms with Crippen molar-refractivity contribution >= 4 is 71.6 Å². The van der Waals surface area contributed by atoms with Crippen molar-refractivity contribution in [3.8, 4) is 16.8 Å². The number of hydrogen-bond acceptors (Lipinski definition) is 2. The maximum absolute atomic E-state index is 6.35. The van der Waals surface area contributed by atoms with Crippen LogP contribution in [0.25, 0.3) is 71.3 Å². The molecule has 0 saturated heterocycles. The fraction of sp³-hybridized carbons (Fsp3) is 0. The van der Waals surface area contributed by atoms with Gasteiger partial charge in [-0.25, -0.2) is 0 Å². The molecule has 0 spiro atoms. The second-order valence-electron chi connectivity index (χ2n) is 12.5. The Morgan fingerprint density at radius 2 is 0.959 bits per heavy atom. The van der Waals surface area contributed by atoms with Crippen LogP contribution >= 0.6 is 0 Å². The lowest BCUT2D eigenvalue weighted by Gasteiger charge is -2.27. The maximum Gasteiger partial charge on any atom is 0.137 e. The smallest absolute Gasteiger partial charge is 0.137 e. The molecule has 8 aromatic carbocycles. The van der Waals surface area contributed by atoms with E-state index < -0.39 is 0 Å². The summed E-state index contributed by atoms with van der Waals surface area (Å²) in [7, 11) is 0. The minimum absolute atomic E-state index is 0.873. The molecule has 0 fully saturated rings. The second-order valence-corrected chi connectivity index (χ2v) is 12.5. The molecule has 10 rings (SSSR count). The highest BCUT2D eigenvalue weighted by Crippen LogP contribution is 2.44. The van der Waals surface area contributed by atoms with Gasteiger partial charge in [-0.05, 0) is 88.6 Å². The maximum atomic E-state index is 6.35. The molecule has 2 aromatic heterocycles. The zero-order chi connectivity index (χ0) is 32.3. The largest absolute Gasteiger partial charge is 0.456 e. The first-order chi connectivity index (χ1) is 24.3. The highest BCUT2D eigenvalue weighted by molar-refractivity contribution is 6.13. The van der Waals surface area contributed by atoms with Crippen molar-refractivity contribution in [2.45, 2.75) is 0 Å². The third kappa shape index (κ3) is 4.37. The van der Waals surface area contributed by atoms with Crippen LogP contribution in [-0.4, -0.2) is 4.57 Å². The summed E-state index contributed by atoms with van der Waals surface area (Å²) >= 11 is 0. The minimum atomic E-state index is 0.873. The van der Waals surface area contributed by atoms with Gasteiger partial charge < -0.3 is 13.9 Å². The molecule has 0 aliphatic heterocycles. The van der Waals surface area contributed by atoms with E-state index in [1.165, 1.54) is 43.7 Å². The van der Waals surface area contributed by atoms with Crippen molar-refractivity contribution in [3.63, 3.8) is 0 Å². The average molecular weight is 627 g/mol. The van der Waals surface area contributed by atoms with Crippen LogP contribution in [-0.2, 0) is 0 Å². The molecule has 230 valence electrons. The summed E-state index contributed by atoms with van der Waals surface area (Å²) < 4.78 is 8.72. The van der Waals surface area contributed by atoms with Crippen LogP contribution in [0.3, 0.4) is 0 Å². The van der Waals surface area contributed by atoms with Crippen LogP contribution in [0.15, 0.2) is 186 Å². The summed E-state index contributed by atoms with van der Waals surface area (Å²) in [5.41, 5.74) is 10.9. The van der Waals surface area contributed by atoms with E-state index in [0.29, 0.717) is 0 Å². The SMILES string of the molecule is c1ccc2c(-c3ccc(N(c4ccc(-n5c6ccccc6c6ccccc65)cc4)c4cccc5oc6ccccc6c45)cc3)cccc2c1. The number of fused-ring (bicyclic) bond motifs is 7. The van der Waals surface area contributed by atoms with Gasteiger partial charge in [0.05, 0.1) is 22.1 Å². The molecule has 10 aromatic rings. The highest BCUT2D eigenvalue weighted by Gasteiger charge is 2.20. The van der Waals surface area contributed by atoms with E-state index >= 15 is 0 Å². The lowest BCUT2D eigenvalue weighted by atomic mass is 9.98. The normalized spacial score (nSPS) is 11.7. The van der Waals surface area contributed by atoms with Crippen molar-refractivity contribution in [2.75, 3.05) is 4.90 Å². The molecule has 2 heterocycles. The summed E-state index contributed by atoms with van der Waals surface area (Å²) in [6.45, 7) is 0. The molecule has 0 atom stereocenters. The summed E-state index contributed by atoms with van der Waals surface area (Å²) in [4.78, 5) is 2.35. The molecule has 49 heavy (non-hydrogen) atoms. The Hall–Kier alpha value is -6.58. The van der Waals surface area contributed by atoms with E-state index in [9.17, 15) is 0 Å². The molecule has 0 saturated carbocycles. The van der Waals surface area contributed by atoms with Crippen LogP contribution in [0.4, 0.5) is 17.1 Å². The third-order valence-electron chi connectivity index (χ3n) is 9.79. The van der Waals surface area contributed by atoms with Gasteiger partial charge in [0, 0.05) is 33.2 Å². The lowest BCUT2D eigenvalue weighted by Crippen LogP contribution is -2.10. The van der Waals surface area contributed by atoms with Gasteiger partial charge in [-0.1, -0.05) is 115 Å². The van der Waals surface area contributed by atoms with E-state index in [-0.39, 0.29) is 0 Å². The molecule has 0 radical (unpaired) electrons. The number of rotatable bonds is 5. The zero-order valence-electron chi connectivity index (χ0n) is 26.6. The quantitative estimate of drug-likeness (QED) is 0.190. The number of para-hydroxylation sites is 3. The monoisotopic (exact) mass is 626 g/mol. The van der Waals surface area contributed by atoms with Gasteiger partial charge in [0.25, 0.3) is 0 Å². The van der Waals surface area contributed by atoms with Crippen LogP contribution in [0.1, 0.15) is 0 Å². The number of benzene rings is 8. The Labute approximate surface area is 283 Å². The first-order valence-electron chi connectivity index (χ1n) is 16.7. The lowest BCUT2D eigenvalue weighted by molar-refractivity contribution is 0.669. The Morgan fingerprint density at radius 3 is 1.69 bits per heavy atom. The van der Waals surface area contributed by atoms with E-state index in [0.717, 1.165) is 44.7 Å². The molecule has 0 N–H and O–H groups in total. The Balaban J connectivity index is 1.15. The molecule has 0 aliphatic rings. The van der Waals surface area contributed by atoms with Crippen LogP contribution in [0.5, 0.6) is 0 Å². The molecular weight excluding hydrogens is 597 g/mol. The summed E-state index contributed by atoms with van der Waals surface area (Å²) in [6, 6.07) is 65.0. The van der Waals surface area contributed by atoms with E-state index in [2.05, 4.69) is 179 Å². The number of anilines is 3. The summed E-state index contributed by atoms with van der Waals surface area (Å²) in [6.07, 6.45) is 0. The van der Waals surface area contributed by atoms with Crippen LogP contribution < -0.4 is 4.90 Å². The predicted octanol–water partition coefficient (Wildman–Crippen LogP) is 13.0. The second kappa shape index (κ2) is 11.0. The van der Waals surface area contributed by atoms with Crippen molar-refractivity contribution in [1.82, 2.24) is 4.57 Å². The van der Waals surface area contributed by atoms with Crippen molar-refractivity contribution in [3.05, 3.63) is 182 Å². The van der Waals surface area contributed by atoms with E-state index in [1.807, 2.05) is 12.1 Å². The van der Waals surface area contributed by atoms with Gasteiger partial charge in [-0.2, -0.15) is 0 Å². The Morgan fingerprint density at radius 1 is 0.408 bits per heavy atom. The van der Waals surface area contributed by atoms with Gasteiger partial charge >= 0.3 is 0 Å². The van der Waals surface area contributed by atoms with Crippen LogP contribution in [0.2, 0.25) is 0 Å². The van der Waals surface area contributed by atoms with Crippen molar-refractivity contribution < 1.29 is 4.42 Å². The van der Waals surface area contributed by atoms with E-state index in [1.54, 1.807) is 0 Å². The molecule has 0 unspecified atom stereocenters. The van der Waals surface area contributed by atoms with Crippen molar-refractivity contribution in [2.24, 2.45) is 0 Å². The molecular formula is C46H30N2O. The predicted molar refractivity (Wildman–Crippen MR) is 206 cm³/mol. The van der Waals surface area contributed by atoms with Gasteiger partial charge in [0.1, 0.15) is 11.2 Å². The average Bonchev–Trinajstić information content (AvgIpc) is 3.72. The first kappa shape index (κ1) is 27.5. The first-order valence-corrected chi connectivity index (χ1v) is 16.7. The summed E-state index contributed by atoms with van der Waals surface area (Å²) in [5, 5.41) is 7.22. The zero-order valence-corrected chi connectivity index (χ0v) is 26.6. The van der Waals surface area contributed by atoms with Crippen LogP contribution in [0, 0.1) is 0 Å². The van der Waals surface area contributed by atoms with Gasteiger partial charge in [0.15, 0.2) is 0 Å².